The van der Waals surface area contributed by atoms with Gasteiger partial charge in [-0.05, 0) is 55.5 Å². The van der Waals surface area contributed by atoms with Gasteiger partial charge in [0.1, 0.15) is 5.75 Å². The minimum atomic E-state index is -0.672. The maximum Gasteiger partial charge on any atom is 0.261 e. The average Bonchev–Trinajstić information content (AvgIpc) is 3.28. The number of carbonyl (C=O) groups is 1. The lowest BCUT2D eigenvalue weighted by Crippen LogP contribution is -2.36. The molecule has 3 rings (SSSR count). The van der Waals surface area contributed by atoms with Crippen molar-refractivity contribution in [3.05, 3.63) is 51.7 Å². The molecule has 1 atom stereocenters. The van der Waals surface area contributed by atoms with E-state index >= 15 is 0 Å². The summed E-state index contributed by atoms with van der Waals surface area (Å²) in [4.78, 5) is 17.4. The molecule has 0 bridgehead atoms. The summed E-state index contributed by atoms with van der Waals surface area (Å²) in [5.74, 6) is 1.18. The molecule has 0 radical (unpaired) electrons. The first-order chi connectivity index (χ1) is 12.4. The van der Waals surface area contributed by atoms with Gasteiger partial charge in [-0.3, -0.25) is 4.79 Å². The van der Waals surface area contributed by atoms with Crippen molar-refractivity contribution < 1.29 is 14.1 Å². The molecule has 0 fully saturated rings. The molecule has 0 aliphatic rings. The van der Waals surface area contributed by atoms with Crippen LogP contribution in [-0.2, 0) is 11.3 Å². The molecule has 1 N–H and O–H groups in total. The van der Waals surface area contributed by atoms with Crippen LogP contribution in [0.5, 0.6) is 5.75 Å². The number of nitrogens with zero attached hydrogens (tertiary/aromatic N) is 2. The second kappa shape index (κ2) is 7.88. The summed E-state index contributed by atoms with van der Waals surface area (Å²) in [5.41, 5.74) is 1.81. The molecule has 0 aliphatic heterocycles. The Labute approximate surface area is 160 Å². The standard InChI is InChI=1S/C18H18ClN3O3S/c1-10-7-13(8-11(2)16(10)19)24-12(3)18(23)20-9-15-21-17(22-25-15)14-5-4-6-26-14/h4-8,12H,9H2,1-3H3,(H,20,23). The van der Waals surface area contributed by atoms with Crippen LogP contribution < -0.4 is 10.1 Å². The lowest BCUT2D eigenvalue weighted by Gasteiger charge is -2.15. The Bertz CT molecular complexity index is 885. The molecule has 0 saturated heterocycles. The van der Waals surface area contributed by atoms with Crippen LogP contribution in [0.25, 0.3) is 10.7 Å². The number of hydrogen-bond acceptors (Lipinski definition) is 6. The van der Waals surface area contributed by atoms with Crippen molar-refractivity contribution in [2.24, 2.45) is 0 Å². The highest BCUT2D eigenvalue weighted by Crippen LogP contribution is 2.26. The van der Waals surface area contributed by atoms with Crippen molar-refractivity contribution in [1.82, 2.24) is 15.5 Å². The number of halogens is 1. The fourth-order valence-electron chi connectivity index (χ4n) is 2.37. The van der Waals surface area contributed by atoms with Crippen LogP contribution in [0.4, 0.5) is 0 Å². The van der Waals surface area contributed by atoms with Gasteiger partial charge in [-0.15, -0.1) is 11.3 Å². The van der Waals surface area contributed by atoms with E-state index in [0.717, 1.165) is 16.0 Å². The van der Waals surface area contributed by atoms with Gasteiger partial charge in [0.15, 0.2) is 6.10 Å². The molecule has 0 aliphatic carbocycles. The number of aromatic nitrogens is 2. The molecule has 0 saturated carbocycles. The quantitative estimate of drug-likeness (QED) is 0.682. The summed E-state index contributed by atoms with van der Waals surface area (Å²) >= 11 is 7.67. The molecule has 8 heteroatoms. The van der Waals surface area contributed by atoms with E-state index in [1.54, 1.807) is 6.92 Å². The lowest BCUT2D eigenvalue weighted by molar-refractivity contribution is -0.127. The maximum atomic E-state index is 12.2. The van der Waals surface area contributed by atoms with Crippen LogP contribution in [0.3, 0.4) is 0 Å². The van der Waals surface area contributed by atoms with Gasteiger partial charge >= 0.3 is 0 Å². The SMILES string of the molecule is Cc1cc(OC(C)C(=O)NCc2nc(-c3cccs3)no2)cc(C)c1Cl. The van der Waals surface area contributed by atoms with Gasteiger partial charge in [-0.1, -0.05) is 22.8 Å². The van der Waals surface area contributed by atoms with Gasteiger partial charge in [-0.25, -0.2) is 0 Å². The second-order valence-corrected chi connectivity index (χ2v) is 7.16. The molecule has 3 aromatic rings. The van der Waals surface area contributed by atoms with Gasteiger partial charge in [-0.2, -0.15) is 4.98 Å². The number of nitrogens with one attached hydrogen (secondary N) is 1. The van der Waals surface area contributed by atoms with Gasteiger partial charge in [0.05, 0.1) is 11.4 Å². The fourth-order valence-corrected chi connectivity index (χ4v) is 3.13. The van der Waals surface area contributed by atoms with Gasteiger partial charge < -0.3 is 14.6 Å². The zero-order valence-electron chi connectivity index (χ0n) is 14.6. The first kappa shape index (κ1) is 18.4. The summed E-state index contributed by atoms with van der Waals surface area (Å²) < 4.78 is 10.9. The third-order valence-corrected chi connectivity index (χ3v) is 5.18. The molecular formula is C18H18ClN3O3S. The molecule has 6 nitrogen and oxygen atoms in total. The Morgan fingerprint density at radius 1 is 1.38 bits per heavy atom. The van der Waals surface area contributed by atoms with E-state index in [-0.39, 0.29) is 12.5 Å². The van der Waals surface area contributed by atoms with Crippen molar-refractivity contribution in [3.8, 4) is 16.5 Å². The molecule has 0 spiro atoms. The van der Waals surface area contributed by atoms with E-state index < -0.39 is 6.10 Å². The minimum Gasteiger partial charge on any atom is -0.481 e. The van der Waals surface area contributed by atoms with E-state index in [1.807, 2.05) is 43.5 Å². The largest absolute Gasteiger partial charge is 0.481 e. The van der Waals surface area contributed by atoms with Crippen molar-refractivity contribution in [2.45, 2.75) is 33.4 Å². The number of ether oxygens (including phenoxy) is 1. The normalized spacial score (nSPS) is 12.0. The van der Waals surface area contributed by atoms with Crippen LogP contribution in [-0.4, -0.2) is 22.2 Å². The molecule has 2 aromatic heterocycles. The summed E-state index contributed by atoms with van der Waals surface area (Å²) in [7, 11) is 0. The Morgan fingerprint density at radius 2 is 2.12 bits per heavy atom. The Balaban J connectivity index is 1.56. The van der Waals surface area contributed by atoms with Crippen molar-refractivity contribution in [1.29, 1.82) is 0 Å². The highest BCUT2D eigenvalue weighted by molar-refractivity contribution is 7.13. The van der Waals surface area contributed by atoms with Gasteiger partial charge in [0.25, 0.3) is 5.91 Å². The van der Waals surface area contributed by atoms with Crippen LogP contribution in [0.15, 0.2) is 34.2 Å². The third-order valence-electron chi connectivity index (χ3n) is 3.72. The highest BCUT2D eigenvalue weighted by Gasteiger charge is 2.17. The molecule has 1 unspecified atom stereocenters. The number of amides is 1. The highest BCUT2D eigenvalue weighted by atomic mass is 35.5. The molecular weight excluding hydrogens is 374 g/mol. The molecule has 2 heterocycles. The predicted molar refractivity (Wildman–Crippen MR) is 100 cm³/mol. The smallest absolute Gasteiger partial charge is 0.261 e. The number of benzene rings is 1. The summed E-state index contributed by atoms with van der Waals surface area (Å²) in [6.45, 7) is 5.62. The number of carbonyl (C=O) groups excluding carboxylic acids is 1. The van der Waals surface area contributed by atoms with Crippen LogP contribution in [0.1, 0.15) is 23.9 Å². The van der Waals surface area contributed by atoms with Crippen molar-refractivity contribution >= 4 is 28.8 Å². The topological polar surface area (TPSA) is 77.2 Å². The van der Waals surface area contributed by atoms with Gasteiger partial charge in [0, 0.05) is 5.02 Å². The van der Waals surface area contributed by atoms with Crippen LogP contribution in [0.2, 0.25) is 5.02 Å². The van der Waals surface area contributed by atoms with Crippen LogP contribution >= 0.6 is 22.9 Å². The molecule has 1 aromatic carbocycles. The van der Waals surface area contributed by atoms with E-state index in [1.165, 1.54) is 11.3 Å². The Kier molecular flexibility index (Phi) is 5.58. The van der Waals surface area contributed by atoms with Crippen LogP contribution in [0, 0.1) is 13.8 Å². The van der Waals surface area contributed by atoms with Gasteiger partial charge in [0.2, 0.25) is 11.7 Å². The third kappa shape index (κ3) is 4.23. The molecule has 1 amide bonds. The number of hydrogen-bond donors (Lipinski definition) is 1. The second-order valence-electron chi connectivity index (χ2n) is 5.84. The zero-order chi connectivity index (χ0) is 18.7. The Hall–Kier alpha value is -2.38. The van der Waals surface area contributed by atoms with Crippen molar-refractivity contribution in [2.75, 3.05) is 0 Å². The lowest BCUT2D eigenvalue weighted by atomic mass is 10.1. The average molecular weight is 392 g/mol. The summed E-state index contributed by atoms with van der Waals surface area (Å²) in [6, 6.07) is 7.44. The predicted octanol–water partition coefficient (Wildman–Crippen LogP) is 4.15. The molecule has 136 valence electrons. The summed E-state index contributed by atoms with van der Waals surface area (Å²) in [5, 5.41) is 9.28. The molecule has 26 heavy (non-hydrogen) atoms. The first-order valence-electron chi connectivity index (χ1n) is 8.01. The minimum absolute atomic E-state index is 0.142. The number of aryl methyl sites for hydroxylation is 2. The maximum absolute atomic E-state index is 12.2. The fraction of sp³-hybridized carbons (Fsp3) is 0.278. The van der Waals surface area contributed by atoms with E-state index in [0.29, 0.717) is 22.5 Å². The number of thiophene rings is 1. The summed E-state index contributed by atoms with van der Waals surface area (Å²) in [6.07, 6.45) is -0.672. The van der Waals surface area contributed by atoms with E-state index in [2.05, 4.69) is 15.5 Å². The Morgan fingerprint density at radius 3 is 2.77 bits per heavy atom. The van der Waals surface area contributed by atoms with Crippen molar-refractivity contribution in [3.63, 3.8) is 0 Å². The first-order valence-corrected chi connectivity index (χ1v) is 9.27. The van der Waals surface area contributed by atoms with E-state index in [9.17, 15) is 4.79 Å². The zero-order valence-corrected chi connectivity index (χ0v) is 16.1. The number of rotatable bonds is 6. The monoisotopic (exact) mass is 391 g/mol. The van der Waals surface area contributed by atoms with E-state index in [4.69, 9.17) is 20.9 Å².